The maximum atomic E-state index is 12.0. The number of hydrogen-bond acceptors (Lipinski definition) is 1. The zero-order chi connectivity index (χ0) is 21.0. The lowest BCUT2D eigenvalue weighted by molar-refractivity contribution is -0.116. The van der Waals surface area contributed by atoms with E-state index in [0.29, 0.717) is 29.0 Å². The molecule has 0 amide bonds. The van der Waals surface area contributed by atoms with Gasteiger partial charge in [0.25, 0.3) is 0 Å². The summed E-state index contributed by atoms with van der Waals surface area (Å²) in [6, 6.07) is 0. The highest BCUT2D eigenvalue weighted by Crippen LogP contribution is 2.66. The number of allylic oxidation sites excluding steroid dienone is 6. The van der Waals surface area contributed by atoms with Crippen LogP contribution in [0.1, 0.15) is 80.1 Å². The molecule has 4 rings (SSSR count). The van der Waals surface area contributed by atoms with E-state index in [1.165, 1.54) is 31.3 Å². The third kappa shape index (κ3) is 3.41. The van der Waals surface area contributed by atoms with Gasteiger partial charge in [0.05, 0.1) is 0 Å². The Morgan fingerprint density at radius 3 is 2.48 bits per heavy atom. The van der Waals surface area contributed by atoms with Crippen LogP contribution in [0.5, 0.6) is 0 Å². The van der Waals surface area contributed by atoms with Gasteiger partial charge in [-0.3, -0.25) is 4.79 Å². The average Bonchev–Trinajstić information content (AvgIpc) is 3.03. The van der Waals surface area contributed by atoms with Crippen LogP contribution in [0, 0.1) is 52.3 Å². The van der Waals surface area contributed by atoms with E-state index >= 15 is 0 Å². The van der Waals surface area contributed by atoms with E-state index in [0.717, 1.165) is 36.5 Å². The monoisotopic (exact) mass is 394 g/mol. The van der Waals surface area contributed by atoms with Crippen LogP contribution in [0.25, 0.3) is 0 Å². The molecule has 4 aliphatic carbocycles. The molecule has 0 spiro atoms. The second-order valence-electron chi connectivity index (χ2n) is 11.7. The van der Waals surface area contributed by atoms with Crippen molar-refractivity contribution in [2.75, 3.05) is 0 Å². The lowest BCUT2D eigenvalue weighted by atomic mass is 9.48. The van der Waals surface area contributed by atoms with E-state index in [-0.39, 0.29) is 5.41 Å². The van der Waals surface area contributed by atoms with Gasteiger partial charge in [-0.15, -0.1) is 0 Å². The Morgan fingerprint density at radius 1 is 1.00 bits per heavy atom. The van der Waals surface area contributed by atoms with Crippen molar-refractivity contribution < 1.29 is 4.79 Å². The first-order chi connectivity index (χ1) is 13.7. The predicted molar refractivity (Wildman–Crippen MR) is 122 cm³/mol. The molecule has 0 aliphatic heterocycles. The van der Waals surface area contributed by atoms with Crippen LogP contribution in [0.2, 0.25) is 0 Å². The number of carbonyl (C=O) groups excluding carboxylic acids is 1. The quantitative estimate of drug-likeness (QED) is 0.454. The van der Waals surface area contributed by atoms with Crippen LogP contribution in [0.3, 0.4) is 0 Å². The van der Waals surface area contributed by atoms with E-state index < -0.39 is 0 Å². The summed E-state index contributed by atoms with van der Waals surface area (Å²) in [5.74, 6) is 5.46. The molecule has 2 fully saturated rings. The standard InChI is InChI=1S/C28H42O/c1-18(2)19(3)7-8-20(4)24-11-12-25-23-10-9-21-17-22(29)13-15-27(21,5)26(23)14-16-28(24,25)6/h7-10,17-20,23-26H,11-16H2,1-6H3/b8-7+/t19-,20+,23+,24-,25+,26+,27-,28+/m0/s1. The second-order valence-corrected chi connectivity index (χ2v) is 11.7. The van der Waals surface area contributed by atoms with Crippen LogP contribution in [0.4, 0.5) is 0 Å². The first-order valence-electron chi connectivity index (χ1n) is 12.3. The fourth-order valence-electron chi connectivity index (χ4n) is 7.61. The molecule has 0 unspecified atom stereocenters. The molecular formula is C28H42O. The molecule has 0 saturated heterocycles. The minimum absolute atomic E-state index is 0.227. The third-order valence-electron chi connectivity index (χ3n) is 9.99. The number of rotatable bonds is 4. The SMILES string of the molecule is CC(C)[C@@H](C)/C=C/[C@@H](C)[C@@H]1CC[C@@H]2[C@H]3C=CC4=CC(=O)CC[C@]4(C)[C@@H]3CC[C@@]21C. The zero-order valence-electron chi connectivity index (χ0n) is 19.6. The highest BCUT2D eigenvalue weighted by Gasteiger charge is 2.58. The van der Waals surface area contributed by atoms with Crippen molar-refractivity contribution in [3.8, 4) is 0 Å². The summed E-state index contributed by atoms with van der Waals surface area (Å²) in [6.07, 6.45) is 19.1. The summed E-state index contributed by atoms with van der Waals surface area (Å²) < 4.78 is 0. The molecule has 0 heterocycles. The highest BCUT2D eigenvalue weighted by molar-refractivity contribution is 5.92. The summed E-state index contributed by atoms with van der Waals surface area (Å²) in [5.41, 5.74) is 2.02. The van der Waals surface area contributed by atoms with Gasteiger partial charge in [-0.2, -0.15) is 0 Å². The molecule has 0 bridgehead atoms. The van der Waals surface area contributed by atoms with Crippen molar-refractivity contribution in [1.82, 2.24) is 0 Å². The zero-order valence-corrected chi connectivity index (χ0v) is 19.6. The number of fused-ring (bicyclic) bond motifs is 5. The molecule has 2 saturated carbocycles. The second kappa shape index (κ2) is 7.54. The van der Waals surface area contributed by atoms with Gasteiger partial charge in [0.15, 0.2) is 5.78 Å². The Labute approximate surface area is 179 Å². The van der Waals surface area contributed by atoms with Crippen molar-refractivity contribution in [1.29, 1.82) is 0 Å². The largest absolute Gasteiger partial charge is 0.295 e. The van der Waals surface area contributed by atoms with Gasteiger partial charge in [-0.05, 0) is 96.0 Å². The molecule has 0 aromatic carbocycles. The van der Waals surface area contributed by atoms with E-state index in [9.17, 15) is 4.79 Å². The maximum Gasteiger partial charge on any atom is 0.156 e. The van der Waals surface area contributed by atoms with Crippen LogP contribution >= 0.6 is 0 Å². The van der Waals surface area contributed by atoms with Gasteiger partial charge in [0.2, 0.25) is 0 Å². The summed E-state index contributed by atoms with van der Waals surface area (Å²) in [5, 5.41) is 0. The Balaban J connectivity index is 1.57. The molecule has 29 heavy (non-hydrogen) atoms. The van der Waals surface area contributed by atoms with Crippen molar-refractivity contribution in [3.63, 3.8) is 0 Å². The topological polar surface area (TPSA) is 17.1 Å². The molecule has 1 heteroatoms. The van der Waals surface area contributed by atoms with Crippen molar-refractivity contribution in [2.45, 2.75) is 80.1 Å². The number of hydrogen-bond donors (Lipinski definition) is 0. The fourth-order valence-corrected chi connectivity index (χ4v) is 7.61. The summed E-state index contributed by atoms with van der Waals surface area (Å²) in [6.45, 7) is 14.6. The third-order valence-corrected chi connectivity index (χ3v) is 9.99. The summed E-state index contributed by atoms with van der Waals surface area (Å²) in [4.78, 5) is 12.0. The minimum Gasteiger partial charge on any atom is -0.295 e. The van der Waals surface area contributed by atoms with Gasteiger partial charge in [0, 0.05) is 6.42 Å². The Kier molecular flexibility index (Phi) is 5.50. The van der Waals surface area contributed by atoms with Gasteiger partial charge in [-0.25, -0.2) is 0 Å². The Bertz CT molecular complexity index is 739. The minimum atomic E-state index is 0.227. The van der Waals surface area contributed by atoms with Gasteiger partial charge >= 0.3 is 0 Å². The average molecular weight is 395 g/mol. The van der Waals surface area contributed by atoms with Crippen LogP contribution in [-0.2, 0) is 4.79 Å². The lowest BCUT2D eigenvalue weighted by Gasteiger charge is -2.56. The van der Waals surface area contributed by atoms with Crippen molar-refractivity contribution in [3.05, 3.63) is 36.0 Å². The first-order valence-corrected chi connectivity index (χ1v) is 12.3. The maximum absolute atomic E-state index is 12.0. The van der Waals surface area contributed by atoms with Crippen molar-refractivity contribution >= 4 is 5.78 Å². The molecule has 160 valence electrons. The molecule has 0 aromatic heterocycles. The molecule has 8 atom stereocenters. The summed E-state index contributed by atoms with van der Waals surface area (Å²) in [7, 11) is 0. The molecule has 1 nitrogen and oxygen atoms in total. The molecule has 0 N–H and O–H groups in total. The van der Waals surface area contributed by atoms with E-state index in [2.05, 4.69) is 65.8 Å². The first kappa shape index (κ1) is 21.1. The lowest BCUT2D eigenvalue weighted by Crippen LogP contribution is -2.49. The van der Waals surface area contributed by atoms with Gasteiger partial charge in [0.1, 0.15) is 0 Å². The van der Waals surface area contributed by atoms with Gasteiger partial charge < -0.3 is 0 Å². The molecule has 4 aliphatic rings. The van der Waals surface area contributed by atoms with Crippen LogP contribution in [0.15, 0.2) is 36.0 Å². The van der Waals surface area contributed by atoms with Crippen LogP contribution < -0.4 is 0 Å². The highest BCUT2D eigenvalue weighted by atomic mass is 16.1. The summed E-state index contributed by atoms with van der Waals surface area (Å²) >= 11 is 0. The fraction of sp³-hybridized carbons (Fsp3) is 0.750. The molecule has 0 radical (unpaired) electrons. The predicted octanol–water partition coefficient (Wildman–Crippen LogP) is 7.39. The Hall–Kier alpha value is -1.11. The molecular weight excluding hydrogens is 352 g/mol. The van der Waals surface area contributed by atoms with Gasteiger partial charge in [-0.1, -0.05) is 65.8 Å². The van der Waals surface area contributed by atoms with E-state index in [4.69, 9.17) is 0 Å². The van der Waals surface area contributed by atoms with Crippen LogP contribution in [-0.4, -0.2) is 5.78 Å². The normalized spacial score (nSPS) is 43.7. The Morgan fingerprint density at radius 2 is 1.76 bits per heavy atom. The van der Waals surface area contributed by atoms with E-state index in [1.807, 2.05) is 6.08 Å². The number of carbonyl (C=O) groups is 1. The molecule has 0 aromatic rings. The van der Waals surface area contributed by atoms with E-state index in [1.54, 1.807) is 0 Å². The number of ketones is 1. The van der Waals surface area contributed by atoms with Crippen molar-refractivity contribution in [2.24, 2.45) is 52.3 Å². The smallest absolute Gasteiger partial charge is 0.156 e.